The molecule has 0 aliphatic carbocycles. The van der Waals surface area contributed by atoms with Gasteiger partial charge in [-0.25, -0.2) is 4.79 Å². The number of aromatic carboxylic acids is 1. The molecule has 0 amide bonds. The highest BCUT2D eigenvalue weighted by Gasteiger charge is 2.12. The van der Waals surface area contributed by atoms with E-state index in [0.29, 0.717) is 17.7 Å². The lowest BCUT2D eigenvalue weighted by molar-refractivity contribution is 0.0697. The molecule has 6 nitrogen and oxygen atoms in total. The van der Waals surface area contributed by atoms with Crippen LogP contribution in [0.1, 0.15) is 46.5 Å². The normalized spacial score (nSPS) is 13.3. The van der Waals surface area contributed by atoms with Gasteiger partial charge in [0.15, 0.2) is 0 Å². The Balaban J connectivity index is 1.80. The van der Waals surface area contributed by atoms with Crippen molar-refractivity contribution in [2.75, 3.05) is 6.54 Å². The highest BCUT2D eigenvalue weighted by Crippen LogP contribution is 2.22. The molecule has 0 radical (unpaired) electrons. The van der Waals surface area contributed by atoms with E-state index >= 15 is 0 Å². The Labute approximate surface area is 152 Å². The Kier molecular flexibility index (Phi) is 7.15. The first-order valence-corrected chi connectivity index (χ1v) is 8.57. The van der Waals surface area contributed by atoms with E-state index in [0.717, 1.165) is 18.4 Å². The molecule has 0 saturated heterocycles. The summed E-state index contributed by atoms with van der Waals surface area (Å²) in [6, 6.07) is 11.7. The number of phenols is 1. The van der Waals surface area contributed by atoms with Crippen molar-refractivity contribution in [3.05, 3.63) is 64.7 Å². The summed E-state index contributed by atoms with van der Waals surface area (Å²) in [7, 11) is 0. The van der Waals surface area contributed by atoms with Crippen LogP contribution in [0.2, 0.25) is 0 Å². The number of rotatable bonds is 9. The van der Waals surface area contributed by atoms with Gasteiger partial charge in [-0.05, 0) is 55.2 Å². The van der Waals surface area contributed by atoms with Crippen LogP contribution in [0.3, 0.4) is 0 Å². The molecule has 2 atom stereocenters. The van der Waals surface area contributed by atoms with Gasteiger partial charge in [0, 0.05) is 18.2 Å². The first-order chi connectivity index (χ1) is 12.4. The number of aromatic hydroxyl groups is 1. The summed E-state index contributed by atoms with van der Waals surface area (Å²) in [5.41, 5.74) is 2.37. The topological polar surface area (TPSA) is 110 Å². The fourth-order valence-corrected chi connectivity index (χ4v) is 2.67. The van der Waals surface area contributed by atoms with Gasteiger partial charge < -0.3 is 25.7 Å². The van der Waals surface area contributed by atoms with Gasteiger partial charge in [-0.1, -0.05) is 18.2 Å². The third-order valence-electron chi connectivity index (χ3n) is 4.39. The first kappa shape index (κ1) is 19.9. The highest BCUT2D eigenvalue weighted by atomic mass is 16.4. The van der Waals surface area contributed by atoms with Crippen molar-refractivity contribution in [1.29, 1.82) is 0 Å². The second-order valence-corrected chi connectivity index (χ2v) is 6.41. The molecule has 6 heteroatoms. The third kappa shape index (κ3) is 5.56. The molecule has 0 fully saturated rings. The number of aryl methyl sites for hydroxylation is 1. The van der Waals surface area contributed by atoms with Crippen LogP contribution in [-0.4, -0.2) is 39.0 Å². The minimum atomic E-state index is -0.931. The summed E-state index contributed by atoms with van der Waals surface area (Å²) in [6.45, 7) is 2.10. The van der Waals surface area contributed by atoms with Crippen LogP contribution in [-0.2, 0) is 13.0 Å². The first-order valence-electron chi connectivity index (χ1n) is 8.57. The largest absolute Gasteiger partial charge is 0.508 e. The maximum atomic E-state index is 10.8. The molecule has 5 N–H and O–H groups in total. The Morgan fingerprint density at radius 2 is 1.85 bits per heavy atom. The van der Waals surface area contributed by atoms with Gasteiger partial charge in [0.1, 0.15) is 5.75 Å². The van der Waals surface area contributed by atoms with Crippen LogP contribution in [0.15, 0.2) is 42.5 Å². The number of carbonyl (C=O) groups is 1. The van der Waals surface area contributed by atoms with E-state index in [1.54, 1.807) is 24.3 Å². The number of carboxylic acids is 1. The van der Waals surface area contributed by atoms with E-state index in [1.807, 2.05) is 19.1 Å². The van der Waals surface area contributed by atoms with Crippen LogP contribution in [0.25, 0.3) is 0 Å². The van der Waals surface area contributed by atoms with E-state index in [1.165, 1.54) is 6.07 Å². The predicted octanol–water partition coefficient (Wildman–Crippen LogP) is 2.23. The van der Waals surface area contributed by atoms with Crippen molar-refractivity contribution in [2.24, 2.45) is 0 Å². The van der Waals surface area contributed by atoms with Gasteiger partial charge in [-0.15, -0.1) is 0 Å². The minimum Gasteiger partial charge on any atom is -0.508 e. The Bertz CT molecular complexity index is 729. The number of nitrogens with one attached hydrogen (secondary N) is 1. The zero-order chi connectivity index (χ0) is 19.1. The fraction of sp³-hybridized carbons (Fsp3) is 0.350. The summed E-state index contributed by atoms with van der Waals surface area (Å²) in [5, 5.41) is 41.2. The zero-order valence-corrected chi connectivity index (χ0v) is 14.7. The molecule has 26 heavy (non-hydrogen) atoms. The smallest absolute Gasteiger partial charge is 0.335 e. The molecule has 0 spiro atoms. The van der Waals surface area contributed by atoms with Crippen molar-refractivity contribution < 1.29 is 25.2 Å². The number of aliphatic hydroxyl groups is 2. The maximum Gasteiger partial charge on any atom is 0.335 e. The van der Waals surface area contributed by atoms with Crippen LogP contribution in [0, 0.1) is 0 Å². The van der Waals surface area contributed by atoms with Gasteiger partial charge in [0.25, 0.3) is 0 Å². The van der Waals surface area contributed by atoms with Crippen molar-refractivity contribution >= 4 is 5.97 Å². The highest BCUT2D eigenvalue weighted by molar-refractivity contribution is 5.87. The van der Waals surface area contributed by atoms with E-state index in [9.17, 15) is 20.1 Å². The number of benzene rings is 2. The monoisotopic (exact) mass is 359 g/mol. The molecule has 0 bridgehead atoms. The van der Waals surface area contributed by atoms with Gasteiger partial charge >= 0.3 is 5.97 Å². The van der Waals surface area contributed by atoms with Gasteiger partial charge in [0.2, 0.25) is 0 Å². The molecule has 0 saturated carbocycles. The molecule has 0 aliphatic heterocycles. The van der Waals surface area contributed by atoms with Crippen LogP contribution >= 0.6 is 0 Å². The lowest BCUT2D eigenvalue weighted by Gasteiger charge is -2.18. The fourth-order valence-electron chi connectivity index (χ4n) is 2.67. The summed E-state index contributed by atoms with van der Waals surface area (Å²) >= 11 is 0. The SMILES string of the molecule is CC(CCc1ccc(C(=O)O)cc1)NCC(O)c1ccc(O)c(CO)c1. The summed E-state index contributed by atoms with van der Waals surface area (Å²) < 4.78 is 0. The molecule has 0 heterocycles. The standard InChI is InChI=1S/C20H25NO5/c1-13(2-3-14-4-6-15(7-5-14)20(25)26)21-11-19(24)16-8-9-18(23)17(10-16)12-22/h4-10,13,19,21-24H,2-3,11-12H2,1H3,(H,25,26). The maximum absolute atomic E-state index is 10.8. The molecule has 2 unspecified atom stereocenters. The molecule has 2 aromatic rings. The Hall–Kier alpha value is -2.41. The predicted molar refractivity (Wildman–Crippen MR) is 98.2 cm³/mol. The minimum absolute atomic E-state index is 0.0127. The average Bonchev–Trinajstić information content (AvgIpc) is 2.65. The molecule has 0 aromatic heterocycles. The van der Waals surface area contributed by atoms with Crippen molar-refractivity contribution in [3.63, 3.8) is 0 Å². The Morgan fingerprint density at radius 3 is 2.46 bits per heavy atom. The van der Waals surface area contributed by atoms with Crippen molar-refractivity contribution in [2.45, 2.75) is 38.5 Å². The van der Waals surface area contributed by atoms with Crippen LogP contribution < -0.4 is 5.32 Å². The molecule has 0 aliphatic rings. The van der Waals surface area contributed by atoms with Gasteiger partial charge in [-0.3, -0.25) is 0 Å². The van der Waals surface area contributed by atoms with E-state index in [-0.39, 0.29) is 24.0 Å². The molecular formula is C20H25NO5. The lowest BCUT2D eigenvalue weighted by Crippen LogP contribution is -2.30. The molecular weight excluding hydrogens is 334 g/mol. The van der Waals surface area contributed by atoms with E-state index < -0.39 is 12.1 Å². The van der Waals surface area contributed by atoms with Gasteiger partial charge in [-0.2, -0.15) is 0 Å². The zero-order valence-electron chi connectivity index (χ0n) is 14.7. The third-order valence-corrected chi connectivity index (χ3v) is 4.39. The quantitative estimate of drug-likeness (QED) is 0.470. The molecule has 2 rings (SSSR count). The lowest BCUT2D eigenvalue weighted by atomic mass is 10.0. The van der Waals surface area contributed by atoms with Crippen LogP contribution in [0.4, 0.5) is 0 Å². The average molecular weight is 359 g/mol. The summed E-state index contributed by atoms with van der Waals surface area (Å²) in [5.74, 6) is -0.919. The van der Waals surface area contributed by atoms with Crippen molar-refractivity contribution in [3.8, 4) is 5.75 Å². The second-order valence-electron chi connectivity index (χ2n) is 6.41. The summed E-state index contributed by atoms with van der Waals surface area (Å²) in [4.78, 5) is 10.8. The van der Waals surface area contributed by atoms with E-state index in [4.69, 9.17) is 5.11 Å². The second kappa shape index (κ2) is 9.33. The van der Waals surface area contributed by atoms with Crippen LogP contribution in [0.5, 0.6) is 5.75 Å². The number of hydrogen-bond donors (Lipinski definition) is 5. The Morgan fingerprint density at radius 1 is 1.15 bits per heavy atom. The molecule has 2 aromatic carbocycles. The number of hydrogen-bond acceptors (Lipinski definition) is 5. The van der Waals surface area contributed by atoms with Crippen molar-refractivity contribution in [1.82, 2.24) is 5.32 Å². The van der Waals surface area contributed by atoms with Gasteiger partial charge in [0.05, 0.1) is 18.3 Å². The molecule has 140 valence electrons. The number of carboxylic acid groups (broad SMARTS) is 1. The number of aliphatic hydroxyl groups excluding tert-OH is 2. The summed E-state index contributed by atoms with van der Waals surface area (Å²) in [6.07, 6.45) is 0.910. The van der Waals surface area contributed by atoms with E-state index in [2.05, 4.69) is 5.32 Å².